The third kappa shape index (κ3) is 2.31. The molecule has 0 spiro atoms. The normalized spacial score (nSPS) is 21.8. The molecule has 94 valence electrons. The molecule has 0 unspecified atom stereocenters. The smallest absolute Gasteiger partial charge is 0.123 e. The number of likely N-dealkylation sites (tertiary alicyclic amines) is 1. The number of rotatable bonds is 3. The zero-order valence-electron chi connectivity index (χ0n) is 10.9. The molecule has 0 saturated carbocycles. The van der Waals surface area contributed by atoms with Crippen molar-refractivity contribution in [2.45, 2.75) is 31.8 Å². The van der Waals surface area contributed by atoms with Gasteiger partial charge in [-0.25, -0.2) is 0 Å². The highest BCUT2D eigenvalue weighted by Crippen LogP contribution is 2.36. The third-order valence-corrected chi connectivity index (χ3v) is 3.78. The summed E-state index contributed by atoms with van der Waals surface area (Å²) >= 11 is 0. The summed E-state index contributed by atoms with van der Waals surface area (Å²) in [7, 11) is 1.73. The first-order valence-corrected chi connectivity index (χ1v) is 6.20. The Morgan fingerprint density at radius 2 is 2.06 bits per heavy atom. The van der Waals surface area contributed by atoms with E-state index < -0.39 is 0 Å². The molecule has 1 aliphatic heterocycles. The molecule has 1 fully saturated rings. The van der Waals surface area contributed by atoms with Crippen LogP contribution in [0.5, 0.6) is 5.75 Å². The van der Waals surface area contributed by atoms with E-state index in [1.165, 1.54) is 5.56 Å². The van der Waals surface area contributed by atoms with Gasteiger partial charge in [0.15, 0.2) is 0 Å². The Kier molecular flexibility index (Phi) is 3.40. The lowest BCUT2D eigenvalue weighted by molar-refractivity contribution is 0.149. The first-order valence-electron chi connectivity index (χ1n) is 6.20. The Labute approximate surface area is 104 Å². The summed E-state index contributed by atoms with van der Waals surface area (Å²) in [5.41, 5.74) is 7.20. The second-order valence-corrected chi connectivity index (χ2v) is 5.25. The molecule has 2 N–H and O–H groups in total. The molecular formula is C14H22N2O. The van der Waals surface area contributed by atoms with Crippen LogP contribution in [0.2, 0.25) is 0 Å². The van der Waals surface area contributed by atoms with Gasteiger partial charge in [-0.2, -0.15) is 0 Å². The minimum atomic E-state index is -0.0271. The van der Waals surface area contributed by atoms with E-state index in [-0.39, 0.29) is 5.54 Å². The lowest BCUT2D eigenvalue weighted by atomic mass is 9.91. The average Bonchev–Trinajstić information content (AvgIpc) is 2.76. The van der Waals surface area contributed by atoms with Crippen molar-refractivity contribution in [3.8, 4) is 5.75 Å². The number of hydrogen-bond acceptors (Lipinski definition) is 3. The number of methoxy groups -OCH3 is 1. The van der Waals surface area contributed by atoms with Crippen molar-refractivity contribution in [3.05, 3.63) is 29.8 Å². The van der Waals surface area contributed by atoms with Crippen LogP contribution in [0, 0.1) is 0 Å². The number of para-hydroxylation sites is 1. The van der Waals surface area contributed by atoms with Gasteiger partial charge in [-0.1, -0.05) is 18.2 Å². The van der Waals surface area contributed by atoms with Crippen LogP contribution in [0.3, 0.4) is 0 Å². The van der Waals surface area contributed by atoms with Gasteiger partial charge >= 0.3 is 0 Å². The summed E-state index contributed by atoms with van der Waals surface area (Å²) in [4.78, 5) is 2.44. The van der Waals surface area contributed by atoms with E-state index in [1.807, 2.05) is 12.1 Å². The summed E-state index contributed by atoms with van der Waals surface area (Å²) in [5, 5.41) is 0. The van der Waals surface area contributed by atoms with Gasteiger partial charge in [0.05, 0.1) is 7.11 Å². The van der Waals surface area contributed by atoms with Crippen molar-refractivity contribution in [1.82, 2.24) is 4.90 Å². The zero-order chi connectivity index (χ0) is 12.5. The quantitative estimate of drug-likeness (QED) is 0.869. The van der Waals surface area contributed by atoms with E-state index in [4.69, 9.17) is 10.5 Å². The van der Waals surface area contributed by atoms with Crippen molar-refractivity contribution >= 4 is 0 Å². The van der Waals surface area contributed by atoms with E-state index in [1.54, 1.807) is 7.11 Å². The Morgan fingerprint density at radius 1 is 1.35 bits per heavy atom. The SMILES string of the molecule is COc1ccccc1C(C)(C)N1CC[C@@H](N)C1. The Hall–Kier alpha value is -1.06. The maximum atomic E-state index is 6.00. The van der Waals surface area contributed by atoms with Crippen molar-refractivity contribution in [3.63, 3.8) is 0 Å². The molecule has 3 heteroatoms. The Morgan fingerprint density at radius 3 is 2.65 bits per heavy atom. The topological polar surface area (TPSA) is 38.5 Å². The number of nitrogens with zero attached hydrogens (tertiary/aromatic N) is 1. The van der Waals surface area contributed by atoms with E-state index in [9.17, 15) is 0 Å². The molecule has 0 aliphatic carbocycles. The highest BCUT2D eigenvalue weighted by Gasteiger charge is 2.35. The van der Waals surface area contributed by atoms with Crippen molar-refractivity contribution in [2.24, 2.45) is 5.73 Å². The summed E-state index contributed by atoms with van der Waals surface area (Å²) in [6.45, 7) is 6.50. The molecule has 1 heterocycles. The van der Waals surface area contributed by atoms with Gasteiger partial charge in [0, 0.05) is 30.2 Å². The molecule has 1 atom stereocenters. The molecule has 0 amide bonds. The monoisotopic (exact) mass is 234 g/mol. The molecule has 1 aromatic rings. The second kappa shape index (κ2) is 4.67. The van der Waals surface area contributed by atoms with E-state index >= 15 is 0 Å². The lowest BCUT2D eigenvalue weighted by Crippen LogP contribution is -2.41. The van der Waals surface area contributed by atoms with Gasteiger partial charge in [-0.15, -0.1) is 0 Å². The van der Waals surface area contributed by atoms with Gasteiger partial charge in [0.1, 0.15) is 5.75 Å². The van der Waals surface area contributed by atoms with E-state index in [2.05, 4.69) is 30.9 Å². The largest absolute Gasteiger partial charge is 0.496 e. The summed E-state index contributed by atoms with van der Waals surface area (Å²) in [5.74, 6) is 0.956. The highest BCUT2D eigenvalue weighted by molar-refractivity contribution is 5.38. The molecule has 0 aromatic heterocycles. The Balaban J connectivity index is 2.30. The fraction of sp³-hybridized carbons (Fsp3) is 0.571. The third-order valence-electron chi connectivity index (χ3n) is 3.78. The molecule has 2 rings (SSSR count). The summed E-state index contributed by atoms with van der Waals surface area (Å²) in [6, 6.07) is 8.54. The van der Waals surface area contributed by atoms with E-state index in [0.717, 1.165) is 25.3 Å². The highest BCUT2D eigenvalue weighted by atomic mass is 16.5. The summed E-state index contributed by atoms with van der Waals surface area (Å²) in [6.07, 6.45) is 1.08. The van der Waals surface area contributed by atoms with Crippen LogP contribution < -0.4 is 10.5 Å². The predicted molar refractivity (Wildman–Crippen MR) is 70.2 cm³/mol. The van der Waals surface area contributed by atoms with Gasteiger partial charge < -0.3 is 10.5 Å². The number of ether oxygens (including phenoxy) is 1. The fourth-order valence-electron chi connectivity index (χ4n) is 2.62. The van der Waals surface area contributed by atoms with E-state index in [0.29, 0.717) is 6.04 Å². The van der Waals surface area contributed by atoms with Crippen molar-refractivity contribution < 1.29 is 4.74 Å². The van der Waals surface area contributed by atoms with Crippen molar-refractivity contribution in [1.29, 1.82) is 0 Å². The van der Waals surface area contributed by atoms with Crippen LogP contribution in [0.1, 0.15) is 25.8 Å². The molecule has 0 radical (unpaired) electrons. The molecule has 1 saturated heterocycles. The predicted octanol–water partition coefficient (Wildman–Crippen LogP) is 1.96. The number of nitrogens with two attached hydrogens (primary N) is 1. The maximum Gasteiger partial charge on any atom is 0.123 e. The van der Waals surface area contributed by atoms with Crippen molar-refractivity contribution in [2.75, 3.05) is 20.2 Å². The van der Waals surface area contributed by atoms with Crippen LogP contribution in [0.25, 0.3) is 0 Å². The second-order valence-electron chi connectivity index (χ2n) is 5.25. The van der Waals surface area contributed by atoms with Crippen LogP contribution >= 0.6 is 0 Å². The van der Waals surface area contributed by atoms with Crippen LogP contribution in [-0.4, -0.2) is 31.1 Å². The first kappa shape index (κ1) is 12.4. The minimum Gasteiger partial charge on any atom is -0.496 e. The van der Waals surface area contributed by atoms with Crippen LogP contribution in [0.15, 0.2) is 24.3 Å². The molecule has 1 aromatic carbocycles. The number of hydrogen-bond donors (Lipinski definition) is 1. The van der Waals surface area contributed by atoms with Gasteiger partial charge in [0.25, 0.3) is 0 Å². The van der Waals surface area contributed by atoms with Gasteiger partial charge in [-0.3, -0.25) is 4.90 Å². The Bertz CT molecular complexity index is 390. The minimum absolute atomic E-state index is 0.0271. The number of benzene rings is 1. The lowest BCUT2D eigenvalue weighted by Gasteiger charge is -2.36. The molecule has 0 bridgehead atoms. The maximum absolute atomic E-state index is 6.00. The standard InChI is InChI=1S/C14H22N2O/c1-14(2,16-9-8-11(15)10-16)12-6-4-5-7-13(12)17-3/h4-7,11H,8-10,15H2,1-3H3/t11-/m1/s1. The van der Waals surface area contributed by atoms with Gasteiger partial charge in [-0.05, 0) is 26.3 Å². The molecule has 3 nitrogen and oxygen atoms in total. The summed E-state index contributed by atoms with van der Waals surface area (Å²) < 4.78 is 5.46. The fourth-order valence-corrected chi connectivity index (χ4v) is 2.62. The van der Waals surface area contributed by atoms with Gasteiger partial charge in [0.2, 0.25) is 0 Å². The molecule has 1 aliphatic rings. The van der Waals surface area contributed by atoms with Crippen LogP contribution in [0.4, 0.5) is 0 Å². The first-order chi connectivity index (χ1) is 8.05. The molecular weight excluding hydrogens is 212 g/mol. The van der Waals surface area contributed by atoms with Crippen LogP contribution in [-0.2, 0) is 5.54 Å². The average molecular weight is 234 g/mol. The molecule has 17 heavy (non-hydrogen) atoms. The zero-order valence-corrected chi connectivity index (χ0v) is 10.9.